The molecule has 0 radical (unpaired) electrons. The minimum atomic E-state index is -0.371. The Hall–Kier alpha value is -3.08. The van der Waals surface area contributed by atoms with E-state index in [1.54, 1.807) is 0 Å². The summed E-state index contributed by atoms with van der Waals surface area (Å²) in [4.78, 5) is 25.1. The molecule has 3 rings (SSSR count). The molecule has 0 aliphatic carbocycles. The third-order valence-electron chi connectivity index (χ3n) is 3.76. The Morgan fingerprint density at radius 3 is 2.62 bits per heavy atom. The van der Waals surface area contributed by atoms with Gasteiger partial charge in [0.2, 0.25) is 0 Å². The van der Waals surface area contributed by atoms with Gasteiger partial charge in [0.25, 0.3) is 5.91 Å². The molecule has 1 N–H and O–H groups in total. The first-order chi connectivity index (χ1) is 11.7. The number of rotatable bonds is 3. The van der Waals surface area contributed by atoms with Crippen molar-refractivity contribution >= 4 is 18.0 Å². The van der Waals surface area contributed by atoms with Gasteiger partial charge < -0.3 is 10.1 Å². The number of amides is 3. The Kier molecular flexibility index (Phi) is 4.61. The zero-order valence-corrected chi connectivity index (χ0v) is 13.4. The van der Waals surface area contributed by atoms with Crippen LogP contribution >= 0.6 is 0 Å². The van der Waals surface area contributed by atoms with Gasteiger partial charge in [-0.25, -0.2) is 4.79 Å². The normalized spacial score (nSPS) is 15.6. The van der Waals surface area contributed by atoms with Crippen LogP contribution in [-0.4, -0.2) is 30.4 Å². The van der Waals surface area contributed by atoms with Gasteiger partial charge in [-0.1, -0.05) is 30.3 Å². The molecule has 122 valence electrons. The van der Waals surface area contributed by atoms with Crippen LogP contribution in [0, 0.1) is 0 Å². The Bertz CT molecular complexity index is 784. The molecule has 2 aromatic rings. The molecule has 1 heterocycles. The van der Waals surface area contributed by atoms with Gasteiger partial charge in [0.15, 0.2) is 0 Å². The monoisotopic (exact) mass is 322 g/mol. The third kappa shape index (κ3) is 3.46. The summed E-state index contributed by atoms with van der Waals surface area (Å²) in [6, 6.07) is 16.7. The average molecular weight is 322 g/mol. The Morgan fingerprint density at radius 1 is 1.12 bits per heavy atom. The van der Waals surface area contributed by atoms with Crippen molar-refractivity contribution < 1.29 is 14.3 Å². The van der Waals surface area contributed by atoms with E-state index in [0.717, 1.165) is 11.3 Å². The quantitative estimate of drug-likeness (QED) is 0.881. The highest BCUT2D eigenvalue weighted by atomic mass is 16.5. The Morgan fingerprint density at radius 2 is 1.88 bits per heavy atom. The largest absolute Gasteiger partial charge is 0.457 e. The Labute approximate surface area is 140 Å². The first-order valence-corrected chi connectivity index (χ1v) is 7.74. The number of carbonyl (C=O) groups excluding carboxylic acids is 2. The molecular weight excluding hydrogens is 304 g/mol. The van der Waals surface area contributed by atoms with Crippen LogP contribution in [-0.2, 0) is 4.79 Å². The van der Waals surface area contributed by atoms with E-state index in [0.29, 0.717) is 24.3 Å². The Balaban J connectivity index is 1.77. The van der Waals surface area contributed by atoms with Crippen LogP contribution in [0.5, 0.6) is 11.5 Å². The fourth-order valence-corrected chi connectivity index (χ4v) is 2.57. The van der Waals surface area contributed by atoms with Crippen LogP contribution in [0.1, 0.15) is 12.0 Å². The molecule has 2 aromatic carbocycles. The van der Waals surface area contributed by atoms with Gasteiger partial charge in [0, 0.05) is 19.2 Å². The van der Waals surface area contributed by atoms with Crippen molar-refractivity contribution in [2.24, 2.45) is 0 Å². The summed E-state index contributed by atoms with van der Waals surface area (Å²) in [5.41, 5.74) is 1.49. The number of hydrogen-bond donors (Lipinski definition) is 1. The predicted molar refractivity (Wildman–Crippen MR) is 91.7 cm³/mol. The third-order valence-corrected chi connectivity index (χ3v) is 3.76. The molecule has 1 aliphatic rings. The molecule has 0 atom stereocenters. The molecule has 5 nitrogen and oxygen atoms in total. The van der Waals surface area contributed by atoms with E-state index < -0.39 is 0 Å². The van der Waals surface area contributed by atoms with Crippen LogP contribution in [0.25, 0.3) is 6.08 Å². The van der Waals surface area contributed by atoms with Gasteiger partial charge in [-0.15, -0.1) is 0 Å². The van der Waals surface area contributed by atoms with Crippen molar-refractivity contribution in [3.63, 3.8) is 0 Å². The van der Waals surface area contributed by atoms with E-state index in [2.05, 4.69) is 5.32 Å². The van der Waals surface area contributed by atoms with E-state index >= 15 is 0 Å². The van der Waals surface area contributed by atoms with Gasteiger partial charge >= 0.3 is 6.03 Å². The minimum absolute atomic E-state index is 0.247. The van der Waals surface area contributed by atoms with E-state index in [1.807, 2.05) is 60.7 Å². The number of benzene rings is 2. The van der Waals surface area contributed by atoms with Crippen molar-refractivity contribution in [3.8, 4) is 11.5 Å². The second-order valence-electron chi connectivity index (χ2n) is 5.42. The summed E-state index contributed by atoms with van der Waals surface area (Å²) in [5, 5.41) is 2.48. The van der Waals surface area contributed by atoms with Crippen molar-refractivity contribution in [2.75, 3.05) is 13.6 Å². The number of ether oxygens (including phenoxy) is 1. The maximum Gasteiger partial charge on any atom is 0.324 e. The van der Waals surface area contributed by atoms with Gasteiger partial charge in [-0.3, -0.25) is 9.69 Å². The van der Waals surface area contributed by atoms with Gasteiger partial charge in [-0.2, -0.15) is 0 Å². The summed E-state index contributed by atoms with van der Waals surface area (Å²) < 4.78 is 5.80. The molecule has 0 unspecified atom stereocenters. The highest BCUT2D eigenvalue weighted by Crippen LogP contribution is 2.25. The van der Waals surface area contributed by atoms with Crippen molar-refractivity contribution in [1.82, 2.24) is 10.2 Å². The number of nitrogens with zero attached hydrogens (tertiary/aromatic N) is 1. The smallest absolute Gasteiger partial charge is 0.324 e. The van der Waals surface area contributed by atoms with Crippen molar-refractivity contribution in [1.29, 1.82) is 0 Å². The van der Waals surface area contributed by atoms with Crippen molar-refractivity contribution in [3.05, 3.63) is 65.7 Å². The number of likely N-dealkylation sites (tertiary alicyclic amines) is 1. The lowest BCUT2D eigenvalue weighted by atomic mass is 10.1. The topological polar surface area (TPSA) is 58.6 Å². The zero-order chi connectivity index (χ0) is 16.9. The van der Waals surface area contributed by atoms with Crippen LogP contribution < -0.4 is 10.1 Å². The van der Waals surface area contributed by atoms with Crippen LogP contribution in [0.15, 0.2) is 60.2 Å². The van der Waals surface area contributed by atoms with E-state index in [-0.39, 0.29) is 11.9 Å². The molecule has 0 aromatic heterocycles. The molecule has 1 saturated heterocycles. The molecule has 0 saturated carbocycles. The number of para-hydroxylation sites is 1. The maximum absolute atomic E-state index is 12.3. The van der Waals surface area contributed by atoms with E-state index in [9.17, 15) is 9.59 Å². The zero-order valence-electron chi connectivity index (χ0n) is 13.4. The first-order valence-electron chi connectivity index (χ1n) is 7.74. The second-order valence-corrected chi connectivity index (χ2v) is 5.42. The summed E-state index contributed by atoms with van der Waals surface area (Å²) in [5.74, 6) is 1.21. The maximum atomic E-state index is 12.3. The number of nitrogens with one attached hydrogen (secondary N) is 1. The molecule has 0 spiro atoms. The highest BCUT2D eigenvalue weighted by Gasteiger charge is 2.30. The molecule has 0 bridgehead atoms. The lowest BCUT2D eigenvalue weighted by molar-refractivity contribution is -0.122. The lowest BCUT2D eigenvalue weighted by Crippen LogP contribution is -2.38. The molecule has 3 amide bonds. The first kappa shape index (κ1) is 15.8. The van der Waals surface area contributed by atoms with Gasteiger partial charge in [0.05, 0.1) is 0 Å². The molecule has 5 heteroatoms. The van der Waals surface area contributed by atoms with Gasteiger partial charge in [0.1, 0.15) is 11.5 Å². The molecule has 1 fully saturated rings. The standard InChI is InChI=1S/C19H18N2O3/c1-20-19(23)21-11-10-15(18(21)22)12-14-6-5-9-17(13-14)24-16-7-3-2-4-8-16/h2-9,12-13H,10-11H2,1H3,(H,20,23). The molecular formula is C19H18N2O3. The van der Waals surface area contributed by atoms with Crippen LogP contribution in [0.4, 0.5) is 4.79 Å². The summed E-state index contributed by atoms with van der Waals surface area (Å²) in [7, 11) is 1.52. The number of carbonyl (C=O) groups is 2. The lowest BCUT2D eigenvalue weighted by Gasteiger charge is -2.11. The second kappa shape index (κ2) is 7.00. The van der Waals surface area contributed by atoms with E-state index in [1.165, 1.54) is 11.9 Å². The summed E-state index contributed by atoms with van der Waals surface area (Å²) in [6.45, 7) is 0.407. The predicted octanol–water partition coefficient (Wildman–Crippen LogP) is 3.43. The number of urea groups is 1. The number of hydrogen-bond acceptors (Lipinski definition) is 3. The fourth-order valence-electron chi connectivity index (χ4n) is 2.57. The average Bonchev–Trinajstić information content (AvgIpc) is 2.96. The summed E-state index contributed by atoms with van der Waals surface area (Å²) in [6.07, 6.45) is 2.36. The SMILES string of the molecule is CNC(=O)N1CCC(=Cc2cccc(Oc3ccccc3)c2)C1=O. The molecule has 24 heavy (non-hydrogen) atoms. The molecule has 1 aliphatic heterocycles. The highest BCUT2D eigenvalue weighted by molar-refractivity contribution is 6.08. The van der Waals surface area contributed by atoms with Crippen molar-refractivity contribution in [2.45, 2.75) is 6.42 Å². The van der Waals surface area contributed by atoms with Crippen LogP contribution in [0.2, 0.25) is 0 Å². The van der Waals surface area contributed by atoms with Crippen LogP contribution in [0.3, 0.4) is 0 Å². The number of imide groups is 1. The van der Waals surface area contributed by atoms with E-state index in [4.69, 9.17) is 4.74 Å². The minimum Gasteiger partial charge on any atom is -0.457 e. The van der Waals surface area contributed by atoms with Gasteiger partial charge in [-0.05, 0) is 42.3 Å². The fraction of sp³-hybridized carbons (Fsp3) is 0.158. The summed E-state index contributed by atoms with van der Waals surface area (Å²) >= 11 is 0.